The van der Waals surface area contributed by atoms with Gasteiger partial charge in [-0.2, -0.15) is 0 Å². The van der Waals surface area contributed by atoms with Gasteiger partial charge in [0.05, 0.1) is 0 Å². The number of carboxylic acids is 1. The molecular formula is C18H22N2O8. The number of hydrogen-bond acceptors (Lipinski definition) is 7. The molecule has 0 radical (unpaired) electrons. The molecule has 0 spiro atoms. The summed E-state index contributed by atoms with van der Waals surface area (Å²) in [6.45, 7) is 1.90. The van der Waals surface area contributed by atoms with Gasteiger partial charge in [0, 0.05) is 30.6 Å². The highest BCUT2D eigenvalue weighted by molar-refractivity contribution is 5.84. The van der Waals surface area contributed by atoms with Crippen molar-refractivity contribution in [2.75, 3.05) is 6.54 Å². The van der Waals surface area contributed by atoms with Crippen LogP contribution in [0.1, 0.15) is 12.5 Å². The van der Waals surface area contributed by atoms with E-state index in [1.165, 1.54) is 6.92 Å². The normalized spacial score (nSPS) is 27.5. The van der Waals surface area contributed by atoms with Gasteiger partial charge in [-0.1, -0.05) is 0 Å². The minimum Gasteiger partial charge on any atom is -0.479 e. The van der Waals surface area contributed by atoms with E-state index >= 15 is 0 Å². The Morgan fingerprint density at radius 2 is 1.96 bits per heavy atom. The predicted molar refractivity (Wildman–Crippen MR) is 95.6 cm³/mol. The molecule has 1 aromatic carbocycles. The Bertz CT molecular complexity index is 866. The van der Waals surface area contributed by atoms with Crippen molar-refractivity contribution in [3.8, 4) is 5.75 Å². The zero-order valence-corrected chi connectivity index (χ0v) is 15.0. The number of ether oxygens (including phenoxy) is 2. The third-order valence-corrected chi connectivity index (χ3v) is 4.57. The van der Waals surface area contributed by atoms with Crippen molar-refractivity contribution in [2.45, 2.75) is 44.1 Å². The van der Waals surface area contributed by atoms with Crippen LogP contribution in [-0.2, 0) is 20.7 Å². The lowest BCUT2D eigenvalue weighted by molar-refractivity contribution is -0.271. The maximum absolute atomic E-state index is 11.2. The van der Waals surface area contributed by atoms with Crippen LogP contribution in [0.5, 0.6) is 5.75 Å². The number of aromatic amines is 1. The quantitative estimate of drug-likeness (QED) is 0.368. The summed E-state index contributed by atoms with van der Waals surface area (Å²) in [5.41, 5.74) is 1.76. The number of rotatable bonds is 6. The predicted octanol–water partition coefficient (Wildman–Crippen LogP) is -0.882. The van der Waals surface area contributed by atoms with Crippen molar-refractivity contribution < 1.29 is 39.5 Å². The van der Waals surface area contributed by atoms with Crippen molar-refractivity contribution in [3.63, 3.8) is 0 Å². The molecule has 10 heteroatoms. The lowest BCUT2D eigenvalue weighted by Crippen LogP contribution is -2.61. The number of aliphatic hydroxyl groups is 3. The Kier molecular flexibility index (Phi) is 5.84. The summed E-state index contributed by atoms with van der Waals surface area (Å²) in [6, 6.07) is 5.01. The molecule has 28 heavy (non-hydrogen) atoms. The van der Waals surface area contributed by atoms with Crippen LogP contribution in [0.4, 0.5) is 0 Å². The first-order valence-corrected chi connectivity index (χ1v) is 8.71. The average molecular weight is 394 g/mol. The molecule has 1 aliphatic rings. The van der Waals surface area contributed by atoms with E-state index in [4.69, 9.17) is 14.6 Å². The van der Waals surface area contributed by atoms with Crippen molar-refractivity contribution in [3.05, 3.63) is 30.0 Å². The Morgan fingerprint density at radius 3 is 2.64 bits per heavy atom. The summed E-state index contributed by atoms with van der Waals surface area (Å²) >= 11 is 0. The minimum absolute atomic E-state index is 0.124. The Balaban J connectivity index is 1.77. The van der Waals surface area contributed by atoms with Crippen LogP contribution in [0.3, 0.4) is 0 Å². The molecule has 6 N–H and O–H groups in total. The third kappa shape index (κ3) is 4.09. The van der Waals surface area contributed by atoms with Gasteiger partial charge in [-0.05, 0) is 30.2 Å². The van der Waals surface area contributed by atoms with Crippen LogP contribution >= 0.6 is 0 Å². The van der Waals surface area contributed by atoms with Crippen LogP contribution in [0.15, 0.2) is 24.4 Å². The fraction of sp³-hybridized carbons (Fsp3) is 0.444. The van der Waals surface area contributed by atoms with Gasteiger partial charge in [0.2, 0.25) is 12.2 Å². The fourth-order valence-corrected chi connectivity index (χ4v) is 3.09. The second-order valence-corrected chi connectivity index (χ2v) is 6.61. The van der Waals surface area contributed by atoms with E-state index in [0.717, 1.165) is 16.5 Å². The van der Waals surface area contributed by atoms with Gasteiger partial charge < -0.3 is 40.2 Å². The summed E-state index contributed by atoms with van der Waals surface area (Å²) in [6.07, 6.45) is -5.96. The highest BCUT2D eigenvalue weighted by atomic mass is 16.7. The number of amides is 1. The van der Waals surface area contributed by atoms with Crippen LogP contribution in [0.25, 0.3) is 10.9 Å². The molecule has 10 nitrogen and oxygen atoms in total. The zero-order valence-electron chi connectivity index (χ0n) is 15.0. The summed E-state index contributed by atoms with van der Waals surface area (Å²) in [4.78, 5) is 25.3. The Morgan fingerprint density at radius 1 is 1.21 bits per heavy atom. The first-order chi connectivity index (χ1) is 13.3. The number of fused-ring (bicyclic) bond motifs is 1. The second kappa shape index (κ2) is 8.15. The van der Waals surface area contributed by atoms with Crippen LogP contribution in [-0.4, -0.2) is 74.5 Å². The van der Waals surface area contributed by atoms with E-state index in [0.29, 0.717) is 13.0 Å². The van der Waals surface area contributed by atoms with Gasteiger partial charge in [0.25, 0.3) is 0 Å². The molecule has 0 saturated carbocycles. The van der Waals surface area contributed by atoms with Gasteiger partial charge in [-0.25, -0.2) is 4.79 Å². The highest BCUT2D eigenvalue weighted by Gasteiger charge is 2.48. The van der Waals surface area contributed by atoms with E-state index in [1.807, 2.05) is 6.20 Å². The number of H-pyrrole nitrogens is 1. The van der Waals surface area contributed by atoms with Gasteiger partial charge in [-0.15, -0.1) is 0 Å². The lowest BCUT2D eigenvalue weighted by Gasteiger charge is -2.38. The molecule has 1 fully saturated rings. The molecule has 1 aliphatic heterocycles. The molecule has 1 amide bonds. The summed E-state index contributed by atoms with van der Waals surface area (Å²) in [5.74, 6) is -1.32. The molecule has 1 aromatic heterocycles. The third-order valence-electron chi connectivity index (χ3n) is 4.57. The van der Waals surface area contributed by atoms with Crippen molar-refractivity contribution >= 4 is 22.8 Å². The molecule has 0 bridgehead atoms. The van der Waals surface area contributed by atoms with E-state index in [1.54, 1.807) is 18.2 Å². The number of aliphatic carboxylic acids is 1. The van der Waals surface area contributed by atoms with Crippen molar-refractivity contribution in [2.24, 2.45) is 0 Å². The van der Waals surface area contributed by atoms with Crippen LogP contribution in [0, 0.1) is 0 Å². The fourth-order valence-electron chi connectivity index (χ4n) is 3.09. The first kappa shape index (κ1) is 20.1. The largest absolute Gasteiger partial charge is 0.479 e. The molecule has 3 rings (SSSR count). The maximum Gasteiger partial charge on any atom is 0.335 e. The smallest absolute Gasteiger partial charge is 0.335 e. The molecule has 0 aliphatic carbocycles. The number of carbonyl (C=O) groups excluding carboxylic acids is 1. The van der Waals surface area contributed by atoms with Crippen LogP contribution in [0.2, 0.25) is 0 Å². The Labute approximate surface area is 159 Å². The van der Waals surface area contributed by atoms with E-state index in [2.05, 4.69) is 10.3 Å². The van der Waals surface area contributed by atoms with Gasteiger partial charge in [-0.3, -0.25) is 4.79 Å². The number of aliphatic hydroxyl groups excluding tert-OH is 3. The maximum atomic E-state index is 11.2. The molecule has 2 heterocycles. The standard InChI is InChI=1S/C18H22N2O8/c1-8(21)19-5-4-9-7-20-12-3-2-10(6-11(9)12)27-18-15(24)13(22)14(23)16(28-18)17(25)26/h2-3,6-7,13-16,18,20,22-24H,4-5H2,1H3,(H,19,21)(H,25,26)/t13-,14-,15-,16?,18+/m0/s1. The number of hydrogen-bond donors (Lipinski definition) is 6. The monoisotopic (exact) mass is 394 g/mol. The summed E-state index contributed by atoms with van der Waals surface area (Å²) < 4.78 is 10.7. The lowest BCUT2D eigenvalue weighted by atomic mass is 9.99. The van der Waals surface area contributed by atoms with Gasteiger partial charge in [0.1, 0.15) is 24.1 Å². The van der Waals surface area contributed by atoms with Gasteiger partial charge in [0.15, 0.2) is 6.10 Å². The summed E-state index contributed by atoms with van der Waals surface area (Å²) in [7, 11) is 0. The topological polar surface area (TPSA) is 161 Å². The molecule has 5 atom stereocenters. The second-order valence-electron chi connectivity index (χ2n) is 6.61. The number of nitrogens with one attached hydrogen (secondary N) is 2. The van der Waals surface area contributed by atoms with Gasteiger partial charge >= 0.3 is 5.97 Å². The molecule has 1 saturated heterocycles. The minimum atomic E-state index is -1.78. The molecule has 2 aromatic rings. The first-order valence-electron chi connectivity index (χ1n) is 8.71. The van der Waals surface area contributed by atoms with Crippen LogP contribution < -0.4 is 10.1 Å². The summed E-state index contributed by atoms with van der Waals surface area (Å²) in [5, 5.41) is 42.3. The van der Waals surface area contributed by atoms with E-state index < -0.39 is 36.7 Å². The zero-order chi connectivity index (χ0) is 20.4. The number of carbonyl (C=O) groups is 2. The Hall–Kier alpha value is -2.66. The van der Waals surface area contributed by atoms with Crippen molar-refractivity contribution in [1.82, 2.24) is 10.3 Å². The van der Waals surface area contributed by atoms with E-state index in [9.17, 15) is 24.9 Å². The number of carboxylic acid groups (broad SMARTS) is 1. The number of benzene rings is 1. The molecule has 152 valence electrons. The molecule has 1 unspecified atom stereocenters. The average Bonchev–Trinajstić information content (AvgIpc) is 3.04. The molecular weight excluding hydrogens is 372 g/mol. The van der Waals surface area contributed by atoms with Crippen molar-refractivity contribution in [1.29, 1.82) is 0 Å². The number of aromatic nitrogens is 1. The van der Waals surface area contributed by atoms with E-state index in [-0.39, 0.29) is 11.7 Å². The highest BCUT2D eigenvalue weighted by Crippen LogP contribution is 2.28. The SMILES string of the molecule is CC(=O)NCCc1c[nH]c2ccc(O[C@@H]3OC(C(=O)O)[C@@H](O)[C@H](O)[C@@H]3O)cc12.